The highest BCUT2D eigenvalue weighted by atomic mass is 32.1. The normalized spacial score (nSPS) is 24.5. The topological polar surface area (TPSA) is 45.4 Å². The van der Waals surface area contributed by atoms with Gasteiger partial charge in [0.25, 0.3) is 0 Å². The zero-order valence-corrected chi connectivity index (χ0v) is 12.9. The largest absolute Gasteiger partial charge is 0.389 e. The first-order chi connectivity index (χ1) is 8.90. The maximum atomic E-state index is 5.82. The lowest BCUT2D eigenvalue weighted by molar-refractivity contribution is 0.169. The summed E-state index contributed by atoms with van der Waals surface area (Å²) in [5.41, 5.74) is 7.70. The number of anilines is 1. The molecule has 2 rings (SSSR count). The molecule has 0 aliphatic carbocycles. The molecule has 0 aromatic carbocycles. The van der Waals surface area contributed by atoms with Gasteiger partial charge in [0.05, 0.1) is 5.56 Å². The highest BCUT2D eigenvalue weighted by Gasteiger charge is 2.28. The van der Waals surface area contributed by atoms with Gasteiger partial charge in [-0.25, -0.2) is 4.98 Å². The van der Waals surface area contributed by atoms with Crippen molar-refractivity contribution in [3.8, 4) is 0 Å². The molecule has 1 fully saturated rings. The van der Waals surface area contributed by atoms with Crippen LogP contribution in [0, 0.1) is 6.92 Å². The van der Waals surface area contributed by atoms with E-state index in [1.807, 2.05) is 19.1 Å². The summed E-state index contributed by atoms with van der Waals surface area (Å²) in [4.78, 5) is 9.77. The molecule has 0 saturated carbocycles. The molecule has 2 unspecified atom stereocenters. The fourth-order valence-electron chi connectivity index (χ4n) is 2.55. The highest BCUT2D eigenvalue weighted by Crippen LogP contribution is 2.23. The number of rotatable bonds is 2. The second kappa shape index (κ2) is 5.43. The van der Waals surface area contributed by atoms with Crippen LogP contribution in [0.1, 0.15) is 25.1 Å². The average Bonchev–Trinajstić information content (AvgIpc) is 2.34. The quantitative estimate of drug-likeness (QED) is 0.832. The Balaban J connectivity index is 2.36. The highest BCUT2D eigenvalue weighted by molar-refractivity contribution is 7.80. The maximum absolute atomic E-state index is 5.82. The number of aryl methyl sites for hydroxylation is 1. The molecule has 0 bridgehead atoms. The molecule has 0 spiro atoms. The van der Waals surface area contributed by atoms with E-state index in [1.54, 1.807) is 0 Å². The van der Waals surface area contributed by atoms with Crippen molar-refractivity contribution in [1.82, 2.24) is 9.88 Å². The molecule has 1 aromatic rings. The molecule has 1 saturated heterocycles. The Hall–Kier alpha value is -1.20. The summed E-state index contributed by atoms with van der Waals surface area (Å²) in [7, 11) is 2.17. The van der Waals surface area contributed by atoms with Gasteiger partial charge in [-0.1, -0.05) is 12.2 Å². The Bertz CT molecular complexity index is 476. The minimum Gasteiger partial charge on any atom is -0.389 e. The number of nitrogens with two attached hydrogens (primary N) is 1. The molecule has 4 nitrogen and oxygen atoms in total. The van der Waals surface area contributed by atoms with E-state index >= 15 is 0 Å². The Morgan fingerprint density at radius 2 is 1.89 bits per heavy atom. The number of hydrogen-bond acceptors (Lipinski definition) is 4. The van der Waals surface area contributed by atoms with Crippen molar-refractivity contribution < 1.29 is 0 Å². The molecule has 104 valence electrons. The van der Waals surface area contributed by atoms with Crippen molar-refractivity contribution >= 4 is 23.0 Å². The van der Waals surface area contributed by atoms with Crippen LogP contribution in [-0.2, 0) is 0 Å². The van der Waals surface area contributed by atoms with Crippen LogP contribution in [0.15, 0.2) is 12.1 Å². The Kier molecular flexibility index (Phi) is 4.06. The first-order valence-electron chi connectivity index (χ1n) is 6.64. The molecule has 2 N–H and O–H groups in total. The number of hydrogen-bond donors (Lipinski definition) is 1. The summed E-state index contributed by atoms with van der Waals surface area (Å²) in [6, 6.07) is 4.92. The zero-order chi connectivity index (χ0) is 14.2. The van der Waals surface area contributed by atoms with Gasteiger partial charge < -0.3 is 10.6 Å². The number of piperazine rings is 1. The van der Waals surface area contributed by atoms with Crippen molar-refractivity contribution in [2.24, 2.45) is 5.73 Å². The van der Waals surface area contributed by atoms with Gasteiger partial charge in [-0.3, -0.25) is 4.90 Å². The first kappa shape index (κ1) is 14.2. The van der Waals surface area contributed by atoms with E-state index in [2.05, 4.69) is 35.7 Å². The second-order valence-electron chi connectivity index (χ2n) is 5.46. The van der Waals surface area contributed by atoms with Crippen LogP contribution in [0.5, 0.6) is 0 Å². The SMILES string of the molecule is Cc1ccc(C(N)=S)c(N2CC(C)N(C)C(C)C2)n1. The molecule has 1 aliphatic heterocycles. The maximum Gasteiger partial charge on any atom is 0.139 e. The molecule has 5 heteroatoms. The van der Waals surface area contributed by atoms with Crippen LogP contribution >= 0.6 is 12.2 Å². The van der Waals surface area contributed by atoms with E-state index in [1.165, 1.54) is 0 Å². The summed E-state index contributed by atoms with van der Waals surface area (Å²) in [6.07, 6.45) is 0. The van der Waals surface area contributed by atoms with Gasteiger partial charge in [-0.15, -0.1) is 0 Å². The minimum absolute atomic E-state index is 0.418. The summed E-state index contributed by atoms with van der Waals surface area (Å²) in [5, 5.41) is 0. The van der Waals surface area contributed by atoms with E-state index < -0.39 is 0 Å². The van der Waals surface area contributed by atoms with Gasteiger partial charge in [0.15, 0.2) is 0 Å². The predicted molar refractivity (Wildman–Crippen MR) is 83.8 cm³/mol. The fraction of sp³-hybridized carbons (Fsp3) is 0.571. The molecular weight excluding hydrogens is 256 g/mol. The summed E-state index contributed by atoms with van der Waals surface area (Å²) >= 11 is 5.14. The third-order valence-corrected chi connectivity index (χ3v) is 4.16. The van der Waals surface area contributed by atoms with Crippen molar-refractivity contribution in [2.45, 2.75) is 32.9 Å². The zero-order valence-electron chi connectivity index (χ0n) is 12.1. The molecular formula is C14H22N4S. The molecule has 1 aromatic heterocycles. The van der Waals surface area contributed by atoms with Gasteiger partial charge >= 0.3 is 0 Å². The van der Waals surface area contributed by atoms with E-state index in [9.17, 15) is 0 Å². The number of likely N-dealkylation sites (N-methyl/N-ethyl adjacent to an activating group) is 1. The lowest BCUT2D eigenvalue weighted by atomic mass is 10.1. The third-order valence-electron chi connectivity index (χ3n) is 3.94. The van der Waals surface area contributed by atoms with Crippen LogP contribution in [0.4, 0.5) is 5.82 Å². The Morgan fingerprint density at radius 1 is 1.32 bits per heavy atom. The molecule has 0 radical (unpaired) electrons. The third kappa shape index (κ3) is 2.87. The van der Waals surface area contributed by atoms with E-state index in [-0.39, 0.29) is 0 Å². The molecule has 19 heavy (non-hydrogen) atoms. The lowest BCUT2D eigenvalue weighted by Gasteiger charge is -2.43. The molecule has 2 atom stereocenters. The molecule has 0 amide bonds. The van der Waals surface area contributed by atoms with Crippen molar-refractivity contribution in [3.05, 3.63) is 23.4 Å². The van der Waals surface area contributed by atoms with Crippen molar-refractivity contribution in [3.63, 3.8) is 0 Å². The van der Waals surface area contributed by atoms with Crippen LogP contribution in [-0.4, -0.2) is 47.1 Å². The monoisotopic (exact) mass is 278 g/mol. The molecule has 2 heterocycles. The molecule has 1 aliphatic rings. The van der Waals surface area contributed by atoms with Crippen molar-refractivity contribution in [1.29, 1.82) is 0 Å². The van der Waals surface area contributed by atoms with Gasteiger partial charge in [-0.05, 0) is 40.0 Å². The van der Waals surface area contributed by atoms with Gasteiger partial charge in [0.2, 0.25) is 0 Å². The van der Waals surface area contributed by atoms with Gasteiger partial charge in [0.1, 0.15) is 10.8 Å². The van der Waals surface area contributed by atoms with Gasteiger partial charge in [-0.2, -0.15) is 0 Å². The smallest absolute Gasteiger partial charge is 0.139 e. The predicted octanol–water partition coefficient (Wildman–Crippen LogP) is 1.55. The van der Waals surface area contributed by atoms with E-state index in [0.717, 1.165) is 30.2 Å². The Labute approximate surface area is 120 Å². The van der Waals surface area contributed by atoms with E-state index in [4.69, 9.17) is 18.0 Å². The number of pyridine rings is 1. The summed E-state index contributed by atoms with van der Waals surface area (Å²) < 4.78 is 0. The lowest BCUT2D eigenvalue weighted by Crippen LogP contribution is -2.55. The van der Waals surface area contributed by atoms with Gasteiger partial charge in [0, 0.05) is 30.9 Å². The Morgan fingerprint density at radius 3 is 2.42 bits per heavy atom. The van der Waals surface area contributed by atoms with Crippen molar-refractivity contribution in [2.75, 3.05) is 25.0 Å². The number of aromatic nitrogens is 1. The number of nitrogens with zero attached hydrogens (tertiary/aromatic N) is 3. The standard InChI is InChI=1S/C14H22N4S/c1-9-5-6-12(13(15)19)14(16-9)18-7-10(2)17(4)11(3)8-18/h5-6,10-11H,7-8H2,1-4H3,(H2,15,19). The van der Waals surface area contributed by atoms with Crippen LogP contribution in [0.25, 0.3) is 0 Å². The fourth-order valence-corrected chi connectivity index (χ4v) is 2.71. The number of thiocarbonyl (C=S) groups is 1. The van der Waals surface area contributed by atoms with Crippen LogP contribution < -0.4 is 10.6 Å². The van der Waals surface area contributed by atoms with Crippen LogP contribution in [0.3, 0.4) is 0 Å². The summed E-state index contributed by atoms with van der Waals surface area (Å²) in [6.45, 7) is 8.37. The summed E-state index contributed by atoms with van der Waals surface area (Å²) in [5.74, 6) is 0.930. The minimum atomic E-state index is 0.418. The van der Waals surface area contributed by atoms with Crippen LogP contribution in [0.2, 0.25) is 0 Å². The van der Waals surface area contributed by atoms with E-state index in [0.29, 0.717) is 17.1 Å². The second-order valence-corrected chi connectivity index (χ2v) is 5.90. The average molecular weight is 278 g/mol. The first-order valence-corrected chi connectivity index (χ1v) is 7.05.